The van der Waals surface area contributed by atoms with Crippen LogP contribution < -0.4 is 0 Å². The summed E-state index contributed by atoms with van der Waals surface area (Å²) >= 11 is 5.19. The molecule has 0 spiro atoms. The Balaban J connectivity index is 3.22. The molecule has 10 heavy (non-hydrogen) atoms. The van der Waals surface area contributed by atoms with Gasteiger partial charge < -0.3 is 4.74 Å². The molecule has 0 N–H and O–H groups in total. The first-order valence-electron chi connectivity index (χ1n) is 2.69. The predicted molar refractivity (Wildman–Crippen MR) is 32.3 cm³/mol. The smallest absolute Gasteiger partial charge is 0.373 e. The first-order valence-corrected chi connectivity index (χ1v) is 3.22. The van der Waals surface area contributed by atoms with Gasteiger partial charge in [0.2, 0.25) is 0 Å². The largest absolute Gasteiger partial charge is 0.461 e. The molecule has 0 rings (SSSR count). The Hall–Kier alpha value is -0.380. The van der Waals surface area contributed by atoms with Gasteiger partial charge in [-0.3, -0.25) is 0 Å². The van der Waals surface area contributed by atoms with Crippen LogP contribution in [0, 0.1) is 0 Å². The minimum atomic E-state index is -3.03. The topological polar surface area (TPSA) is 26.3 Å². The maximum atomic E-state index is 11.3. The highest BCUT2D eigenvalue weighted by molar-refractivity contribution is 6.17. The Labute approximate surface area is 62.1 Å². The van der Waals surface area contributed by atoms with E-state index in [1.165, 1.54) is 0 Å². The van der Waals surface area contributed by atoms with Crippen molar-refractivity contribution >= 4 is 17.6 Å². The molecule has 0 bridgehead atoms. The fourth-order valence-electron chi connectivity index (χ4n) is 0.290. The Kier molecular flexibility index (Phi) is 5.20. The predicted octanol–water partition coefficient (Wildman–Crippen LogP) is 1.42. The van der Waals surface area contributed by atoms with Gasteiger partial charge >= 0.3 is 12.4 Å². The Morgan fingerprint density at radius 3 is 2.60 bits per heavy atom. The minimum absolute atomic E-state index is 0.0350. The van der Waals surface area contributed by atoms with Crippen molar-refractivity contribution in [3.8, 4) is 0 Å². The molecule has 0 atom stereocenters. The third-order valence-electron chi connectivity index (χ3n) is 0.700. The molecule has 0 aliphatic heterocycles. The van der Waals surface area contributed by atoms with E-state index in [0.29, 0.717) is 12.3 Å². The number of alkyl halides is 3. The van der Waals surface area contributed by atoms with Gasteiger partial charge in [0.15, 0.2) is 0 Å². The van der Waals surface area contributed by atoms with Gasteiger partial charge in [0, 0.05) is 5.88 Å². The molecule has 0 heterocycles. The fourth-order valence-corrected chi connectivity index (χ4v) is 0.399. The third kappa shape index (κ3) is 4.49. The maximum absolute atomic E-state index is 11.3. The summed E-state index contributed by atoms with van der Waals surface area (Å²) < 4.78 is 26.8. The molecule has 2 nitrogen and oxygen atoms in total. The van der Waals surface area contributed by atoms with E-state index in [-0.39, 0.29) is 6.61 Å². The number of carbonyl (C=O) groups excluding carboxylic acids is 1. The first-order chi connectivity index (χ1) is 4.68. The summed E-state index contributed by atoms with van der Waals surface area (Å²) in [5.74, 6) is -1.18. The average molecular weight is 173 g/mol. The summed E-state index contributed by atoms with van der Waals surface area (Å²) in [6.45, 7) is -0.0350. The van der Waals surface area contributed by atoms with E-state index in [2.05, 4.69) is 4.74 Å². The Morgan fingerprint density at radius 1 is 1.60 bits per heavy atom. The van der Waals surface area contributed by atoms with E-state index in [0.717, 1.165) is 0 Å². The van der Waals surface area contributed by atoms with Crippen LogP contribution >= 0.6 is 11.6 Å². The standard InChI is InChI=1S/C5H7ClF2O2/c6-2-1-3-10-5(9)4(7)8/h4H,1-3H2. The van der Waals surface area contributed by atoms with Crippen LogP contribution in [0.1, 0.15) is 6.42 Å². The monoisotopic (exact) mass is 172 g/mol. The number of carbonyl (C=O) groups is 1. The summed E-state index contributed by atoms with van der Waals surface area (Å²) in [6.07, 6.45) is -2.63. The molecule has 5 heteroatoms. The van der Waals surface area contributed by atoms with E-state index in [1.807, 2.05) is 0 Å². The second kappa shape index (κ2) is 5.41. The molecule has 0 saturated carbocycles. The molecule has 0 aliphatic rings. The van der Waals surface area contributed by atoms with Crippen molar-refractivity contribution in [2.75, 3.05) is 12.5 Å². The lowest BCUT2D eigenvalue weighted by Crippen LogP contribution is -2.14. The van der Waals surface area contributed by atoms with Crippen LogP contribution in [0.2, 0.25) is 0 Å². The zero-order valence-corrected chi connectivity index (χ0v) is 5.90. The highest BCUT2D eigenvalue weighted by Crippen LogP contribution is 1.96. The van der Waals surface area contributed by atoms with Crippen LogP contribution in [-0.2, 0) is 9.53 Å². The summed E-state index contributed by atoms with van der Waals surface area (Å²) in [5, 5.41) is 0. The minimum Gasteiger partial charge on any atom is -0.461 e. The summed E-state index contributed by atoms with van der Waals surface area (Å²) in [6, 6.07) is 0. The number of hydrogen-bond acceptors (Lipinski definition) is 2. The molecule has 0 aliphatic carbocycles. The van der Waals surface area contributed by atoms with E-state index in [1.54, 1.807) is 0 Å². The van der Waals surface area contributed by atoms with Gasteiger partial charge in [-0.25, -0.2) is 4.79 Å². The molecule has 0 saturated heterocycles. The molecule has 0 fully saturated rings. The lowest BCUT2D eigenvalue weighted by atomic mass is 10.5. The van der Waals surface area contributed by atoms with Crippen molar-refractivity contribution in [2.24, 2.45) is 0 Å². The van der Waals surface area contributed by atoms with Crippen molar-refractivity contribution < 1.29 is 18.3 Å². The summed E-state index contributed by atoms with van der Waals surface area (Å²) in [4.78, 5) is 10.0. The van der Waals surface area contributed by atoms with Crippen molar-refractivity contribution in [1.82, 2.24) is 0 Å². The highest BCUT2D eigenvalue weighted by Gasteiger charge is 2.15. The Bertz CT molecular complexity index is 108. The van der Waals surface area contributed by atoms with Crippen LogP contribution in [0.5, 0.6) is 0 Å². The summed E-state index contributed by atoms with van der Waals surface area (Å²) in [5.41, 5.74) is 0. The fraction of sp³-hybridized carbons (Fsp3) is 0.800. The van der Waals surface area contributed by atoms with Crippen molar-refractivity contribution in [1.29, 1.82) is 0 Å². The van der Waals surface area contributed by atoms with Crippen LogP contribution in [0.4, 0.5) is 8.78 Å². The van der Waals surface area contributed by atoms with E-state index < -0.39 is 12.4 Å². The Morgan fingerprint density at radius 2 is 2.20 bits per heavy atom. The van der Waals surface area contributed by atoms with Gasteiger partial charge in [-0.2, -0.15) is 8.78 Å². The second-order valence-electron chi connectivity index (χ2n) is 1.51. The zero-order valence-electron chi connectivity index (χ0n) is 5.15. The van der Waals surface area contributed by atoms with Gasteiger partial charge in [-0.05, 0) is 6.42 Å². The second-order valence-corrected chi connectivity index (χ2v) is 1.89. The summed E-state index contributed by atoms with van der Waals surface area (Å²) in [7, 11) is 0. The third-order valence-corrected chi connectivity index (χ3v) is 0.968. The number of esters is 1. The lowest BCUT2D eigenvalue weighted by Gasteiger charge is -2.00. The van der Waals surface area contributed by atoms with Crippen molar-refractivity contribution in [3.63, 3.8) is 0 Å². The molecule has 0 radical (unpaired) electrons. The molecule has 0 aromatic carbocycles. The lowest BCUT2D eigenvalue weighted by molar-refractivity contribution is -0.156. The number of rotatable bonds is 4. The van der Waals surface area contributed by atoms with Gasteiger partial charge in [-0.1, -0.05) is 0 Å². The molecular formula is C5H7ClF2O2. The van der Waals surface area contributed by atoms with Gasteiger partial charge in [0.05, 0.1) is 6.61 Å². The normalized spacial score (nSPS) is 10.0. The quantitative estimate of drug-likeness (QED) is 0.364. The van der Waals surface area contributed by atoms with Crippen molar-refractivity contribution in [2.45, 2.75) is 12.8 Å². The van der Waals surface area contributed by atoms with Crippen LogP contribution in [0.3, 0.4) is 0 Å². The number of halogens is 3. The number of ether oxygens (including phenoxy) is 1. The molecule has 0 aromatic rings. The maximum Gasteiger partial charge on any atom is 0.373 e. The molecule has 0 aromatic heterocycles. The molecule has 0 amide bonds. The first kappa shape index (κ1) is 9.62. The van der Waals surface area contributed by atoms with Gasteiger partial charge in [-0.15, -0.1) is 11.6 Å². The average Bonchev–Trinajstić information content (AvgIpc) is 1.88. The molecule has 0 unspecified atom stereocenters. The molecular weight excluding hydrogens is 166 g/mol. The zero-order chi connectivity index (χ0) is 7.98. The molecule has 60 valence electrons. The van der Waals surface area contributed by atoms with Gasteiger partial charge in [0.25, 0.3) is 0 Å². The van der Waals surface area contributed by atoms with Crippen LogP contribution in [-0.4, -0.2) is 24.9 Å². The van der Waals surface area contributed by atoms with E-state index in [4.69, 9.17) is 11.6 Å². The van der Waals surface area contributed by atoms with Crippen LogP contribution in [0.25, 0.3) is 0 Å². The van der Waals surface area contributed by atoms with Gasteiger partial charge in [0.1, 0.15) is 0 Å². The van der Waals surface area contributed by atoms with Crippen LogP contribution in [0.15, 0.2) is 0 Å². The highest BCUT2D eigenvalue weighted by atomic mass is 35.5. The number of hydrogen-bond donors (Lipinski definition) is 0. The van der Waals surface area contributed by atoms with Crippen molar-refractivity contribution in [3.05, 3.63) is 0 Å². The van der Waals surface area contributed by atoms with E-state index >= 15 is 0 Å². The van der Waals surface area contributed by atoms with E-state index in [9.17, 15) is 13.6 Å². The SMILES string of the molecule is O=C(OCCCCl)C(F)F.